The van der Waals surface area contributed by atoms with Crippen LogP contribution in [0.1, 0.15) is 50.2 Å². The van der Waals surface area contributed by atoms with Crippen molar-refractivity contribution >= 4 is 0 Å². The molecule has 0 bridgehead atoms. The summed E-state index contributed by atoms with van der Waals surface area (Å²) in [5, 5.41) is 0. The Kier molecular flexibility index (Phi) is 3.67. The van der Waals surface area contributed by atoms with Crippen LogP contribution in [0.15, 0.2) is 18.2 Å². The zero-order valence-corrected chi connectivity index (χ0v) is 12.0. The van der Waals surface area contributed by atoms with Crippen molar-refractivity contribution in [1.29, 1.82) is 0 Å². The molecule has 2 rings (SSSR count). The molecule has 1 saturated carbocycles. The second-order valence-electron chi connectivity index (χ2n) is 6.40. The summed E-state index contributed by atoms with van der Waals surface area (Å²) in [4.78, 5) is 0. The molecule has 0 heterocycles. The fraction of sp³-hybridized carbons (Fsp3) is 0.625. The molecule has 1 aliphatic carbocycles. The van der Waals surface area contributed by atoms with Crippen LogP contribution in [0.2, 0.25) is 0 Å². The minimum Gasteiger partial charge on any atom is -0.497 e. The third-order valence-corrected chi connectivity index (χ3v) is 4.32. The average molecular weight is 247 g/mol. The molecule has 100 valence electrons. The summed E-state index contributed by atoms with van der Waals surface area (Å²) in [6.45, 7) is 6.86. The van der Waals surface area contributed by atoms with Gasteiger partial charge in [0, 0.05) is 6.04 Å². The Morgan fingerprint density at radius 3 is 2.67 bits per heavy atom. The molecule has 1 aromatic rings. The van der Waals surface area contributed by atoms with Crippen molar-refractivity contribution in [2.24, 2.45) is 11.1 Å². The Morgan fingerprint density at radius 1 is 1.33 bits per heavy atom. The van der Waals surface area contributed by atoms with Gasteiger partial charge in [-0.2, -0.15) is 0 Å². The van der Waals surface area contributed by atoms with Crippen molar-refractivity contribution in [3.63, 3.8) is 0 Å². The van der Waals surface area contributed by atoms with E-state index in [0.29, 0.717) is 17.4 Å². The van der Waals surface area contributed by atoms with Gasteiger partial charge in [-0.3, -0.25) is 0 Å². The molecular weight excluding hydrogens is 222 g/mol. The van der Waals surface area contributed by atoms with Crippen LogP contribution in [0.5, 0.6) is 5.75 Å². The van der Waals surface area contributed by atoms with Gasteiger partial charge in [0.15, 0.2) is 0 Å². The summed E-state index contributed by atoms with van der Waals surface area (Å²) in [6.07, 6.45) is 3.55. The molecule has 18 heavy (non-hydrogen) atoms. The van der Waals surface area contributed by atoms with E-state index in [-0.39, 0.29) is 0 Å². The van der Waals surface area contributed by atoms with Crippen LogP contribution in [-0.4, -0.2) is 13.2 Å². The fourth-order valence-corrected chi connectivity index (χ4v) is 3.14. The van der Waals surface area contributed by atoms with Crippen LogP contribution < -0.4 is 10.5 Å². The number of hydrogen-bond acceptors (Lipinski definition) is 2. The molecule has 2 atom stereocenters. The lowest BCUT2D eigenvalue weighted by Crippen LogP contribution is -2.37. The molecule has 1 aromatic carbocycles. The minimum atomic E-state index is 0.296. The third kappa shape index (κ3) is 2.69. The molecule has 0 amide bonds. The van der Waals surface area contributed by atoms with Crippen LogP contribution in [0.25, 0.3) is 0 Å². The summed E-state index contributed by atoms with van der Waals surface area (Å²) in [6, 6.07) is 6.66. The Bertz CT molecular complexity index is 425. The Labute approximate surface area is 111 Å². The van der Waals surface area contributed by atoms with E-state index >= 15 is 0 Å². The second kappa shape index (κ2) is 4.93. The minimum absolute atomic E-state index is 0.296. The van der Waals surface area contributed by atoms with Crippen molar-refractivity contribution in [3.8, 4) is 5.75 Å². The monoisotopic (exact) mass is 247 g/mol. The maximum absolute atomic E-state index is 6.34. The van der Waals surface area contributed by atoms with E-state index in [1.807, 2.05) is 0 Å². The van der Waals surface area contributed by atoms with Crippen molar-refractivity contribution in [2.75, 3.05) is 7.11 Å². The lowest BCUT2D eigenvalue weighted by Gasteiger charge is -2.40. The summed E-state index contributed by atoms with van der Waals surface area (Å²) in [7, 11) is 1.71. The van der Waals surface area contributed by atoms with Gasteiger partial charge in [0.05, 0.1) is 7.11 Å². The molecule has 2 unspecified atom stereocenters. The molecule has 2 N–H and O–H groups in total. The maximum Gasteiger partial charge on any atom is 0.119 e. The Hall–Kier alpha value is -1.02. The molecule has 2 nitrogen and oxygen atoms in total. The highest BCUT2D eigenvalue weighted by Crippen LogP contribution is 2.43. The van der Waals surface area contributed by atoms with Crippen LogP contribution in [0, 0.1) is 12.3 Å². The van der Waals surface area contributed by atoms with E-state index in [0.717, 1.165) is 12.2 Å². The fourth-order valence-electron chi connectivity index (χ4n) is 3.14. The number of rotatable bonds is 2. The molecular formula is C16H25NO. The molecule has 1 fully saturated rings. The van der Waals surface area contributed by atoms with Gasteiger partial charge in [-0.15, -0.1) is 0 Å². The molecule has 0 radical (unpaired) electrons. The first kappa shape index (κ1) is 13.4. The first-order chi connectivity index (χ1) is 8.43. The first-order valence-corrected chi connectivity index (χ1v) is 6.83. The van der Waals surface area contributed by atoms with Gasteiger partial charge >= 0.3 is 0 Å². The Balaban J connectivity index is 2.29. The highest BCUT2D eigenvalue weighted by molar-refractivity contribution is 5.38. The number of hydrogen-bond donors (Lipinski definition) is 1. The second-order valence-corrected chi connectivity index (χ2v) is 6.40. The van der Waals surface area contributed by atoms with Crippen LogP contribution in [0.3, 0.4) is 0 Å². The average Bonchev–Trinajstić information content (AvgIpc) is 2.32. The summed E-state index contributed by atoms with van der Waals surface area (Å²) >= 11 is 0. The van der Waals surface area contributed by atoms with Crippen molar-refractivity contribution in [3.05, 3.63) is 29.3 Å². The van der Waals surface area contributed by atoms with Crippen LogP contribution >= 0.6 is 0 Å². The molecule has 0 aliphatic heterocycles. The summed E-state index contributed by atoms with van der Waals surface area (Å²) in [5.74, 6) is 1.42. The van der Waals surface area contributed by atoms with Gasteiger partial charge in [-0.05, 0) is 60.8 Å². The predicted molar refractivity (Wildman–Crippen MR) is 76.1 cm³/mol. The number of methoxy groups -OCH3 is 1. The maximum atomic E-state index is 6.34. The SMILES string of the molecule is COc1ccc(C2CC(C)(C)CCC2N)c(C)c1. The quantitative estimate of drug-likeness (QED) is 0.866. The van der Waals surface area contributed by atoms with Gasteiger partial charge in [-0.25, -0.2) is 0 Å². The normalized spacial score (nSPS) is 26.9. The van der Waals surface area contributed by atoms with Gasteiger partial charge in [0.25, 0.3) is 0 Å². The highest BCUT2D eigenvalue weighted by Gasteiger charge is 2.34. The zero-order chi connectivity index (χ0) is 13.3. The Morgan fingerprint density at radius 2 is 2.06 bits per heavy atom. The van der Waals surface area contributed by atoms with Crippen molar-refractivity contribution < 1.29 is 4.74 Å². The third-order valence-electron chi connectivity index (χ3n) is 4.32. The van der Waals surface area contributed by atoms with E-state index < -0.39 is 0 Å². The molecule has 2 heteroatoms. The van der Waals surface area contributed by atoms with Gasteiger partial charge < -0.3 is 10.5 Å². The summed E-state index contributed by atoms with van der Waals surface area (Å²) < 4.78 is 5.27. The van der Waals surface area contributed by atoms with E-state index in [2.05, 4.69) is 39.0 Å². The van der Waals surface area contributed by atoms with Crippen LogP contribution in [-0.2, 0) is 0 Å². The summed E-state index contributed by atoms with van der Waals surface area (Å²) in [5.41, 5.74) is 9.45. The number of nitrogens with two attached hydrogens (primary N) is 1. The first-order valence-electron chi connectivity index (χ1n) is 6.83. The number of benzene rings is 1. The van der Waals surface area contributed by atoms with E-state index in [4.69, 9.17) is 10.5 Å². The van der Waals surface area contributed by atoms with E-state index in [1.165, 1.54) is 24.0 Å². The van der Waals surface area contributed by atoms with Crippen molar-refractivity contribution in [2.45, 2.75) is 52.0 Å². The standard InChI is InChI=1S/C16H25NO/c1-11-9-12(18-4)5-6-13(11)14-10-16(2,3)8-7-15(14)17/h5-6,9,14-15H,7-8,10,17H2,1-4H3. The molecule has 0 spiro atoms. The topological polar surface area (TPSA) is 35.2 Å². The molecule has 0 aromatic heterocycles. The van der Waals surface area contributed by atoms with E-state index in [9.17, 15) is 0 Å². The highest BCUT2D eigenvalue weighted by atomic mass is 16.5. The predicted octanol–water partition coefficient (Wildman–Crippen LogP) is 3.62. The molecule has 0 saturated heterocycles. The van der Waals surface area contributed by atoms with Crippen molar-refractivity contribution in [1.82, 2.24) is 0 Å². The van der Waals surface area contributed by atoms with Gasteiger partial charge in [0.1, 0.15) is 5.75 Å². The largest absolute Gasteiger partial charge is 0.497 e. The van der Waals surface area contributed by atoms with Gasteiger partial charge in [-0.1, -0.05) is 19.9 Å². The smallest absolute Gasteiger partial charge is 0.119 e. The zero-order valence-electron chi connectivity index (χ0n) is 12.0. The lowest BCUT2D eigenvalue weighted by molar-refractivity contribution is 0.198. The van der Waals surface area contributed by atoms with E-state index in [1.54, 1.807) is 7.11 Å². The molecule has 1 aliphatic rings. The van der Waals surface area contributed by atoms with Crippen LogP contribution in [0.4, 0.5) is 0 Å². The number of ether oxygens (including phenoxy) is 1. The number of aryl methyl sites for hydroxylation is 1. The lowest BCUT2D eigenvalue weighted by atomic mass is 9.67. The van der Waals surface area contributed by atoms with Gasteiger partial charge in [0.2, 0.25) is 0 Å².